The van der Waals surface area contributed by atoms with E-state index in [1.54, 1.807) is 12.4 Å². The van der Waals surface area contributed by atoms with E-state index in [-0.39, 0.29) is 11.9 Å². The summed E-state index contributed by atoms with van der Waals surface area (Å²) in [6, 6.07) is 2.48. The minimum atomic E-state index is -0.270. The predicted molar refractivity (Wildman–Crippen MR) is 75.0 cm³/mol. The Morgan fingerprint density at radius 3 is 3.26 bits per heavy atom. The molecule has 3 rings (SSSR count). The van der Waals surface area contributed by atoms with Crippen LogP contribution in [0.25, 0.3) is 0 Å². The van der Waals surface area contributed by atoms with Crippen molar-refractivity contribution < 1.29 is 9.53 Å². The molecule has 0 amide bonds. The first-order valence-corrected chi connectivity index (χ1v) is 7.49. The average Bonchev–Trinajstić information content (AvgIpc) is 2.85. The third kappa shape index (κ3) is 3.04. The van der Waals surface area contributed by atoms with Gasteiger partial charge in [-0.2, -0.15) is 0 Å². The van der Waals surface area contributed by atoms with Crippen molar-refractivity contribution in [2.75, 3.05) is 19.7 Å². The lowest BCUT2D eigenvalue weighted by Crippen LogP contribution is -2.49. The topological polar surface area (TPSA) is 42.4 Å². The summed E-state index contributed by atoms with van der Waals surface area (Å²) < 4.78 is 6.64. The monoisotopic (exact) mass is 324 g/mol. The van der Waals surface area contributed by atoms with Gasteiger partial charge in [0, 0.05) is 35.9 Å². The van der Waals surface area contributed by atoms with Gasteiger partial charge in [0.1, 0.15) is 6.10 Å². The molecular formula is C14H17BrN2O2. The van der Waals surface area contributed by atoms with Crippen molar-refractivity contribution in [1.29, 1.82) is 0 Å². The quantitative estimate of drug-likeness (QED) is 0.850. The second-order valence-corrected chi connectivity index (χ2v) is 6.18. The maximum Gasteiger partial charge on any atom is 0.167 e. The van der Waals surface area contributed by atoms with E-state index in [9.17, 15) is 4.79 Å². The number of ether oxygens (including phenoxy) is 1. The lowest BCUT2D eigenvalue weighted by atomic mass is 10.0. The molecule has 2 aliphatic heterocycles. The number of carbonyl (C=O) groups excluding carboxylic acids is 1. The van der Waals surface area contributed by atoms with Crippen LogP contribution in [-0.2, 0) is 16.0 Å². The largest absolute Gasteiger partial charge is 0.367 e. The van der Waals surface area contributed by atoms with Crippen LogP contribution in [0.2, 0.25) is 0 Å². The van der Waals surface area contributed by atoms with Crippen LogP contribution >= 0.6 is 15.9 Å². The Morgan fingerprint density at radius 2 is 2.42 bits per heavy atom. The highest BCUT2D eigenvalue weighted by atomic mass is 79.9. The fourth-order valence-electron chi connectivity index (χ4n) is 2.88. The van der Waals surface area contributed by atoms with E-state index in [0.29, 0.717) is 19.1 Å². The zero-order chi connectivity index (χ0) is 13.2. The highest BCUT2D eigenvalue weighted by Crippen LogP contribution is 2.23. The minimum Gasteiger partial charge on any atom is -0.367 e. The molecule has 4 nitrogen and oxygen atoms in total. The minimum absolute atomic E-state index is 0.158. The van der Waals surface area contributed by atoms with Crippen molar-refractivity contribution in [1.82, 2.24) is 9.88 Å². The molecule has 1 aromatic heterocycles. The van der Waals surface area contributed by atoms with E-state index in [1.165, 1.54) is 12.8 Å². The Balaban J connectivity index is 1.61. The van der Waals surface area contributed by atoms with E-state index in [2.05, 4.69) is 25.8 Å². The smallest absolute Gasteiger partial charge is 0.167 e. The van der Waals surface area contributed by atoms with Gasteiger partial charge in [0.25, 0.3) is 0 Å². The predicted octanol–water partition coefficient (Wildman–Crippen LogP) is 1.82. The number of aromatic nitrogens is 1. The highest BCUT2D eigenvalue weighted by molar-refractivity contribution is 9.10. The van der Waals surface area contributed by atoms with Crippen LogP contribution in [0.15, 0.2) is 22.9 Å². The summed E-state index contributed by atoms with van der Waals surface area (Å²) in [5, 5.41) is 0. The summed E-state index contributed by atoms with van der Waals surface area (Å²) in [7, 11) is 0. The van der Waals surface area contributed by atoms with Gasteiger partial charge in [-0.1, -0.05) is 0 Å². The number of carbonyl (C=O) groups is 1. The lowest BCUT2D eigenvalue weighted by Gasteiger charge is -2.34. The van der Waals surface area contributed by atoms with E-state index >= 15 is 0 Å². The molecule has 19 heavy (non-hydrogen) atoms. The van der Waals surface area contributed by atoms with Crippen LogP contribution in [0.3, 0.4) is 0 Å². The Hall–Kier alpha value is -0.780. The molecule has 2 atom stereocenters. The van der Waals surface area contributed by atoms with Crippen LogP contribution in [0, 0.1) is 0 Å². The maximum absolute atomic E-state index is 12.3. The van der Waals surface area contributed by atoms with Gasteiger partial charge in [-0.05, 0) is 46.9 Å². The standard InChI is InChI=1S/C14H17BrN2O2/c15-11-4-10(6-16-7-11)5-13(18)14-8-17-3-1-2-12(17)9-19-14/h4,6-7,12,14H,1-3,5,8-9H2. The summed E-state index contributed by atoms with van der Waals surface area (Å²) in [6.07, 6.45) is 6.02. The second-order valence-electron chi connectivity index (χ2n) is 5.27. The van der Waals surface area contributed by atoms with Crippen molar-refractivity contribution in [3.63, 3.8) is 0 Å². The molecular weight excluding hydrogens is 308 g/mol. The average molecular weight is 325 g/mol. The fourth-order valence-corrected chi connectivity index (χ4v) is 3.29. The first kappa shape index (κ1) is 13.2. The van der Waals surface area contributed by atoms with E-state index in [1.807, 2.05) is 6.07 Å². The summed E-state index contributed by atoms with van der Waals surface area (Å²) >= 11 is 3.37. The van der Waals surface area contributed by atoms with Gasteiger partial charge in [0.15, 0.2) is 5.78 Å². The van der Waals surface area contributed by atoms with Gasteiger partial charge >= 0.3 is 0 Å². The van der Waals surface area contributed by atoms with E-state index < -0.39 is 0 Å². The van der Waals surface area contributed by atoms with Crippen molar-refractivity contribution >= 4 is 21.7 Å². The Morgan fingerprint density at radius 1 is 1.53 bits per heavy atom. The number of halogens is 1. The van der Waals surface area contributed by atoms with E-state index in [4.69, 9.17) is 4.74 Å². The molecule has 2 saturated heterocycles. The first-order valence-electron chi connectivity index (χ1n) is 6.70. The fraction of sp³-hybridized carbons (Fsp3) is 0.571. The molecule has 3 heterocycles. The first-order chi connectivity index (χ1) is 9.22. The van der Waals surface area contributed by atoms with Crippen LogP contribution in [-0.4, -0.2) is 47.5 Å². The molecule has 2 fully saturated rings. The van der Waals surface area contributed by atoms with Gasteiger partial charge in [0.2, 0.25) is 0 Å². The van der Waals surface area contributed by atoms with Crippen LogP contribution < -0.4 is 0 Å². The molecule has 5 heteroatoms. The summed E-state index contributed by atoms with van der Waals surface area (Å²) in [6.45, 7) is 2.56. The SMILES string of the molecule is O=C(Cc1cncc(Br)c1)C1CN2CCCC2CO1. The zero-order valence-corrected chi connectivity index (χ0v) is 12.3. The van der Waals surface area contributed by atoms with Crippen LogP contribution in [0.5, 0.6) is 0 Å². The van der Waals surface area contributed by atoms with Crippen LogP contribution in [0.1, 0.15) is 18.4 Å². The number of fused-ring (bicyclic) bond motifs is 1. The molecule has 0 bridgehead atoms. The molecule has 0 aromatic carbocycles. The van der Waals surface area contributed by atoms with Crippen LogP contribution in [0.4, 0.5) is 0 Å². The number of nitrogens with zero attached hydrogens (tertiary/aromatic N) is 2. The number of morpholine rings is 1. The summed E-state index contributed by atoms with van der Waals surface area (Å²) in [5.41, 5.74) is 0.937. The molecule has 0 N–H and O–H groups in total. The van der Waals surface area contributed by atoms with E-state index in [0.717, 1.165) is 23.1 Å². The molecule has 2 unspecified atom stereocenters. The Kier molecular flexibility index (Phi) is 3.96. The number of hydrogen-bond donors (Lipinski definition) is 0. The van der Waals surface area contributed by atoms with Gasteiger partial charge in [-0.25, -0.2) is 0 Å². The molecule has 0 saturated carbocycles. The number of ketones is 1. The number of hydrogen-bond acceptors (Lipinski definition) is 4. The Labute approximate surface area is 121 Å². The molecule has 0 spiro atoms. The number of rotatable bonds is 3. The number of pyridine rings is 1. The van der Waals surface area contributed by atoms with Crippen molar-refractivity contribution in [2.45, 2.75) is 31.4 Å². The molecule has 0 radical (unpaired) electrons. The summed E-state index contributed by atoms with van der Waals surface area (Å²) in [5.74, 6) is 0.158. The number of Topliss-reactive ketones (excluding diaryl/α,β-unsaturated/α-hetero) is 1. The molecule has 2 aliphatic rings. The summed E-state index contributed by atoms with van der Waals surface area (Å²) in [4.78, 5) is 18.8. The normalized spacial score (nSPS) is 27.2. The highest BCUT2D eigenvalue weighted by Gasteiger charge is 2.35. The third-order valence-electron chi connectivity index (χ3n) is 3.89. The maximum atomic E-state index is 12.3. The van der Waals surface area contributed by atoms with Crippen molar-refractivity contribution in [3.8, 4) is 0 Å². The molecule has 1 aromatic rings. The van der Waals surface area contributed by atoms with Gasteiger partial charge in [-0.3, -0.25) is 14.7 Å². The van der Waals surface area contributed by atoms with Gasteiger partial charge in [0.05, 0.1) is 6.61 Å². The third-order valence-corrected chi connectivity index (χ3v) is 4.32. The van der Waals surface area contributed by atoms with Crippen molar-refractivity contribution in [2.24, 2.45) is 0 Å². The Bertz CT molecular complexity index is 480. The second kappa shape index (κ2) is 5.69. The zero-order valence-electron chi connectivity index (χ0n) is 10.7. The van der Waals surface area contributed by atoms with Crippen molar-refractivity contribution in [3.05, 3.63) is 28.5 Å². The molecule has 0 aliphatic carbocycles. The van der Waals surface area contributed by atoms with Gasteiger partial charge in [-0.15, -0.1) is 0 Å². The molecule has 102 valence electrons. The lowest BCUT2D eigenvalue weighted by molar-refractivity contribution is -0.137. The van der Waals surface area contributed by atoms with Gasteiger partial charge < -0.3 is 4.74 Å².